The van der Waals surface area contributed by atoms with Gasteiger partial charge in [-0.2, -0.15) is 0 Å². The Hall–Kier alpha value is -1.30. The summed E-state index contributed by atoms with van der Waals surface area (Å²) in [5, 5.41) is 12.1. The monoisotopic (exact) mass is 339 g/mol. The van der Waals surface area contributed by atoms with Gasteiger partial charge in [0.2, 0.25) is 0 Å². The van der Waals surface area contributed by atoms with E-state index in [1.54, 1.807) is 0 Å². The molecule has 2 amide bonds. The zero-order valence-corrected chi connectivity index (χ0v) is 15.2. The molecule has 1 saturated carbocycles. The lowest BCUT2D eigenvalue weighted by atomic mass is 9.80. The Morgan fingerprint density at radius 3 is 2.42 bits per heavy atom. The summed E-state index contributed by atoms with van der Waals surface area (Å²) in [6.45, 7) is 7.34. The molecule has 2 unspecified atom stereocenters. The van der Waals surface area contributed by atoms with Gasteiger partial charge in [0, 0.05) is 25.7 Å². The van der Waals surface area contributed by atoms with Crippen LogP contribution in [0.25, 0.3) is 0 Å². The molecule has 2 rings (SSSR count). The molecule has 6 heteroatoms. The fraction of sp³-hybridized carbons (Fsp3) is 0.889. The van der Waals surface area contributed by atoms with Crippen molar-refractivity contribution < 1.29 is 14.7 Å². The third kappa shape index (κ3) is 5.36. The van der Waals surface area contributed by atoms with E-state index in [1.807, 2.05) is 16.7 Å². The van der Waals surface area contributed by atoms with Gasteiger partial charge in [-0.05, 0) is 37.6 Å². The molecular formula is C18H33N3O3. The number of hydrogen-bond donors (Lipinski definition) is 2. The van der Waals surface area contributed by atoms with Gasteiger partial charge in [-0.1, -0.05) is 33.1 Å². The number of carbonyl (C=O) groups excluding carboxylic acids is 1. The average molecular weight is 339 g/mol. The first-order chi connectivity index (χ1) is 11.5. The van der Waals surface area contributed by atoms with Crippen molar-refractivity contribution in [3.05, 3.63) is 0 Å². The average Bonchev–Trinajstić information content (AvgIpc) is 2.58. The highest BCUT2D eigenvalue weighted by Gasteiger charge is 2.28. The fourth-order valence-corrected chi connectivity index (χ4v) is 4.13. The number of carboxylic acid groups (broad SMARTS) is 1. The first-order valence-corrected chi connectivity index (χ1v) is 9.49. The summed E-state index contributed by atoms with van der Waals surface area (Å²) in [5.41, 5.74) is 0. The number of carbonyl (C=O) groups is 2. The van der Waals surface area contributed by atoms with Gasteiger partial charge in [0.25, 0.3) is 0 Å². The second-order valence-electron chi connectivity index (χ2n) is 7.38. The molecule has 1 aliphatic carbocycles. The maximum atomic E-state index is 12.4. The van der Waals surface area contributed by atoms with Gasteiger partial charge in [0.15, 0.2) is 0 Å². The molecule has 2 atom stereocenters. The maximum absolute atomic E-state index is 12.4. The van der Waals surface area contributed by atoms with E-state index in [-0.39, 0.29) is 18.6 Å². The molecule has 0 bridgehead atoms. The Bertz CT molecular complexity index is 422. The van der Waals surface area contributed by atoms with E-state index in [0.29, 0.717) is 24.9 Å². The number of aliphatic carboxylic acids is 1. The summed E-state index contributed by atoms with van der Waals surface area (Å²) < 4.78 is 0. The molecule has 1 saturated heterocycles. The maximum Gasteiger partial charge on any atom is 0.317 e. The van der Waals surface area contributed by atoms with E-state index in [4.69, 9.17) is 5.11 Å². The fourth-order valence-electron chi connectivity index (χ4n) is 4.13. The topological polar surface area (TPSA) is 72.9 Å². The SMILES string of the molecule is CCN(CC(=O)O)C1CCN(C(=O)NCC2CCCCC2C)CC1. The third-order valence-electron chi connectivity index (χ3n) is 5.82. The van der Waals surface area contributed by atoms with Crippen molar-refractivity contribution in [3.63, 3.8) is 0 Å². The zero-order valence-electron chi connectivity index (χ0n) is 15.2. The lowest BCUT2D eigenvalue weighted by Crippen LogP contribution is -2.51. The van der Waals surface area contributed by atoms with Gasteiger partial charge in [-0.3, -0.25) is 9.69 Å². The van der Waals surface area contributed by atoms with Crippen LogP contribution >= 0.6 is 0 Å². The van der Waals surface area contributed by atoms with Crippen LogP contribution in [0.3, 0.4) is 0 Å². The Kier molecular flexibility index (Phi) is 7.34. The van der Waals surface area contributed by atoms with E-state index < -0.39 is 5.97 Å². The Morgan fingerprint density at radius 1 is 1.17 bits per heavy atom. The Morgan fingerprint density at radius 2 is 1.83 bits per heavy atom. The largest absolute Gasteiger partial charge is 0.480 e. The van der Waals surface area contributed by atoms with Crippen molar-refractivity contribution in [1.82, 2.24) is 15.1 Å². The smallest absolute Gasteiger partial charge is 0.317 e. The van der Waals surface area contributed by atoms with E-state index >= 15 is 0 Å². The minimum atomic E-state index is -0.779. The van der Waals surface area contributed by atoms with Crippen LogP contribution in [0.5, 0.6) is 0 Å². The van der Waals surface area contributed by atoms with Crippen LogP contribution in [0, 0.1) is 11.8 Å². The molecule has 2 N–H and O–H groups in total. The number of rotatable bonds is 6. The van der Waals surface area contributed by atoms with Crippen molar-refractivity contribution >= 4 is 12.0 Å². The van der Waals surface area contributed by atoms with Crippen molar-refractivity contribution in [2.75, 3.05) is 32.7 Å². The molecular weight excluding hydrogens is 306 g/mol. The molecule has 1 aliphatic heterocycles. The zero-order chi connectivity index (χ0) is 17.5. The molecule has 24 heavy (non-hydrogen) atoms. The molecule has 0 aromatic heterocycles. The first-order valence-electron chi connectivity index (χ1n) is 9.49. The minimum absolute atomic E-state index is 0.0486. The normalized spacial score (nSPS) is 25.7. The number of likely N-dealkylation sites (tertiary alicyclic amines) is 1. The predicted molar refractivity (Wildman–Crippen MR) is 94.0 cm³/mol. The molecule has 0 aromatic rings. The van der Waals surface area contributed by atoms with Crippen molar-refractivity contribution in [2.24, 2.45) is 11.8 Å². The summed E-state index contributed by atoms with van der Waals surface area (Å²) in [7, 11) is 0. The van der Waals surface area contributed by atoms with Crippen LogP contribution < -0.4 is 5.32 Å². The second kappa shape index (κ2) is 9.25. The second-order valence-corrected chi connectivity index (χ2v) is 7.38. The van der Waals surface area contributed by atoms with Gasteiger partial charge < -0.3 is 15.3 Å². The quantitative estimate of drug-likeness (QED) is 0.779. The van der Waals surface area contributed by atoms with E-state index in [9.17, 15) is 9.59 Å². The van der Waals surface area contributed by atoms with Crippen LogP contribution in [0.15, 0.2) is 0 Å². The summed E-state index contributed by atoms with van der Waals surface area (Å²) in [5.74, 6) is 0.545. The lowest BCUT2D eigenvalue weighted by Gasteiger charge is -2.38. The summed E-state index contributed by atoms with van der Waals surface area (Å²) in [4.78, 5) is 27.2. The number of piperidine rings is 1. The summed E-state index contributed by atoms with van der Waals surface area (Å²) in [6.07, 6.45) is 6.82. The molecule has 138 valence electrons. The highest BCUT2D eigenvalue weighted by molar-refractivity contribution is 5.74. The third-order valence-corrected chi connectivity index (χ3v) is 5.82. The number of hydrogen-bond acceptors (Lipinski definition) is 3. The first kappa shape index (κ1) is 19.0. The van der Waals surface area contributed by atoms with Gasteiger partial charge in [-0.25, -0.2) is 4.79 Å². The van der Waals surface area contributed by atoms with Crippen LogP contribution in [0.2, 0.25) is 0 Å². The number of nitrogens with one attached hydrogen (secondary N) is 1. The molecule has 0 aromatic carbocycles. The lowest BCUT2D eigenvalue weighted by molar-refractivity contribution is -0.139. The Balaban J connectivity index is 1.72. The number of likely N-dealkylation sites (N-methyl/N-ethyl adjacent to an activating group) is 1. The van der Waals surface area contributed by atoms with Gasteiger partial charge in [-0.15, -0.1) is 0 Å². The van der Waals surface area contributed by atoms with Crippen LogP contribution in [-0.4, -0.2) is 65.7 Å². The number of urea groups is 1. The van der Waals surface area contributed by atoms with E-state index in [1.165, 1.54) is 25.7 Å². The highest BCUT2D eigenvalue weighted by Crippen LogP contribution is 2.29. The van der Waals surface area contributed by atoms with Crippen molar-refractivity contribution in [1.29, 1.82) is 0 Å². The van der Waals surface area contributed by atoms with Gasteiger partial charge in [0.1, 0.15) is 0 Å². The number of amides is 2. The summed E-state index contributed by atoms with van der Waals surface area (Å²) in [6, 6.07) is 0.320. The van der Waals surface area contributed by atoms with Crippen molar-refractivity contribution in [2.45, 2.75) is 58.4 Å². The highest BCUT2D eigenvalue weighted by atomic mass is 16.4. The molecule has 2 aliphatic rings. The molecule has 0 spiro atoms. The number of nitrogens with zero attached hydrogens (tertiary/aromatic N) is 2. The minimum Gasteiger partial charge on any atom is -0.480 e. The summed E-state index contributed by atoms with van der Waals surface area (Å²) >= 11 is 0. The molecule has 6 nitrogen and oxygen atoms in total. The Labute approximate surface area is 145 Å². The molecule has 2 fully saturated rings. The van der Waals surface area contributed by atoms with Crippen LogP contribution in [-0.2, 0) is 4.79 Å². The van der Waals surface area contributed by atoms with Crippen LogP contribution in [0.1, 0.15) is 52.4 Å². The standard InChI is InChI=1S/C18H33N3O3/c1-3-20(13-17(22)23)16-8-10-21(11-9-16)18(24)19-12-15-7-5-4-6-14(15)2/h14-16H,3-13H2,1-2H3,(H,19,24)(H,22,23). The molecule has 0 radical (unpaired) electrons. The van der Waals surface area contributed by atoms with E-state index in [0.717, 1.165) is 25.9 Å². The predicted octanol–water partition coefficient (Wildman–Crippen LogP) is 2.39. The van der Waals surface area contributed by atoms with Gasteiger partial charge in [0.05, 0.1) is 6.54 Å². The molecule has 1 heterocycles. The van der Waals surface area contributed by atoms with Crippen LogP contribution in [0.4, 0.5) is 4.79 Å². The van der Waals surface area contributed by atoms with Crippen molar-refractivity contribution in [3.8, 4) is 0 Å². The number of carboxylic acids is 1. The van der Waals surface area contributed by atoms with Gasteiger partial charge >= 0.3 is 12.0 Å². The van der Waals surface area contributed by atoms with E-state index in [2.05, 4.69) is 12.2 Å².